The number of tetrazole rings is 1. The Hall–Kier alpha value is -1.59. The Morgan fingerprint density at radius 3 is 3.05 bits per heavy atom. The third-order valence-electron chi connectivity index (χ3n) is 2.35. The molecule has 3 heterocycles. The number of hydrogen-bond donors (Lipinski definition) is 0. The van der Waals surface area contributed by atoms with Crippen LogP contribution in [0.1, 0.15) is 6.93 Å². The lowest BCUT2D eigenvalue weighted by Gasteiger charge is -2.03. The molecular weight excluding hydrogens is 368 g/mol. The predicted molar refractivity (Wildman–Crippen MR) is 76.4 cm³/mol. The van der Waals surface area contributed by atoms with Gasteiger partial charge < -0.3 is 4.74 Å². The zero-order valence-corrected chi connectivity index (χ0v) is 13.2. The maximum absolute atomic E-state index is 11.9. The quantitative estimate of drug-likeness (QED) is 0.680. The molecule has 0 saturated heterocycles. The summed E-state index contributed by atoms with van der Waals surface area (Å²) < 4.78 is 20.0. The highest BCUT2D eigenvalue weighted by atomic mass is 79.9. The van der Waals surface area contributed by atoms with Gasteiger partial charge in [0.1, 0.15) is 6.61 Å². The first-order valence-corrected chi connectivity index (χ1v) is 7.69. The van der Waals surface area contributed by atoms with E-state index in [0.717, 1.165) is 13.2 Å². The van der Waals surface area contributed by atoms with Crippen LogP contribution in [0.15, 0.2) is 20.1 Å². The molecule has 0 spiro atoms. The maximum Gasteiger partial charge on any atom is 0.369 e. The van der Waals surface area contributed by atoms with Gasteiger partial charge in [0, 0.05) is 18.6 Å². The van der Waals surface area contributed by atoms with Crippen molar-refractivity contribution >= 4 is 38.8 Å². The lowest BCUT2D eigenvalue weighted by atomic mass is 10.3. The van der Waals surface area contributed by atoms with Gasteiger partial charge in [-0.15, -0.1) is 4.68 Å². The highest BCUT2D eigenvalue weighted by Crippen LogP contribution is 2.28. The molecule has 8 nitrogen and oxygen atoms in total. The molecule has 3 aromatic rings. The molecular formula is C9H7BrN6O2S2. The second-order valence-corrected chi connectivity index (χ2v) is 6.50. The van der Waals surface area contributed by atoms with Gasteiger partial charge in [-0.3, -0.25) is 0 Å². The molecule has 0 unspecified atom stereocenters. The van der Waals surface area contributed by atoms with E-state index in [1.807, 2.05) is 0 Å². The average Bonchev–Trinajstić information content (AvgIpc) is 3.11. The largest absolute Gasteiger partial charge is 0.465 e. The molecule has 20 heavy (non-hydrogen) atoms. The fourth-order valence-corrected chi connectivity index (χ4v) is 2.96. The Morgan fingerprint density at radius 2 is 2.40 bits per heavy atom. The number of rotatable bonds is 4. The number of aryl methyl sites for hydroxylation is 1. The first-order valence-electron chi connectivity index (χ1n) is 5.74. The van der Waals surface area contributed by atoms with Crippen LogP contribution in [-0.2, 0) is 13.7 Å². The van der Waals surface area contributed by atoms with Gasteiger partial charge in [-0.05, 0) is 37.9 Å². The van der Waals surface area contributed by atoms with E-state index in [1.165, 1.54) is 29.9 Å². The van der Waals surface area contributed by atoms with Gasteiger partial charge in [0.15, 0.2) is 5.82 Å². The van der Waals surface area contributed by atoms with Crippen molar-refractivity contribution in [1.29, 1.82) is 0 Å². The number of hydrogen-bond acceptors (Lipinski definition) is 8. The first kappa shape index (κ1) is 12.2. The summed E-state index contributed by atoms with van der Waals surface area (Å²) in [5.74, 6) is 0.368. The molecule has 0 saturated carbocycles. The minimum Gasteiger partial charge on any atom is -0.465 e. The van der Waals surface area contributed by atoms with Crippen molar-refractivity contribution in [3.8, 4) is 11.0 Å². The molecule has 0 aliphatic heterocycles. The van der Waals surface area contributed by atoms with Gasteiger partial charge in [-0.1, -0.05) is 11.3 Å². The van der Waals surface area contributed by atoms with Crippen LogP contribution >= 0.6 is 38.8 Å². The molecule has 0 amide bonds. The average molecular weight is 377 g/mol. The fraction of sp³-hybridized carbons (Fsp3) is 0.222. The minimum atomic E-state index is -0.392. The van der Waals surface area contributed by atoms with Crippen LogP contribution in [0.4, 0.5) is 0 Å². The SMILES string of the molecule is [3H]c1csc(OCc2c(-n3nnn(C)c3=O)nsc2Br)n1. The van der Waals surface area contributed by atoms with E-state index in [9.17, 15) is 4.79 Å². The fourth-order valence-electron chi connectivity index (χ4n) is 1.40. The van der Waals surface area contributed by atoms with Crippen LogP contribution in [0.5, 0.6) is 5.19 Å². The van der Waals surface area contributed by atoms with E-state index in [2.05, 4.69) is 35.7 Å². The van der Waals surface area contributed by atoms with E-state index < -0.39 is 5.69 Å². The standard InChI is InChI=1S/C9H7BrN6O2S2/c1-15-9(17)16(14-13-15)7-5(6(10)20-12-7)4-18-8-11-2-3-19-8/h2-3H,4H2,1H3/i2T. The van der Waals surface area contributed by atoms with Crippen molar-refractivity contribution in [2.75, 3.05) is 0 Å². The number of halogens is 1. The van der Waals surface area contributed by atoms with Gasteiger partial charge in [0.2, 0.25) is 0 Å². The Balaban J connectivity index is 1.90. The summed E-state index contributed by atoms with van der Waals surface area (Å²) in [4.78, 5) is 15.8. The first-order chi connectivity index (χ1) is 10.1. The Bertz CT molecular complexity index is 840. The van der Waals surface area contributed by atoms with Gasteiger partial charge in [0.25, 0.3) is 5.19 Å². The predicted octanol–water partition coefficient (Wildman–Crippen LogP) is 1.22. The summed E-state index contributed by atoms with van der Waals surface area (Å²) in [6.45, 7) is 0.155. The summed E-state index contributed by atoms with van der Waals surface area (Å²) >= 11 is 5.79. The van der Waals surface area contributed by atoms with Gasteiger partial charge >= 0.3 is 5.69 Å². The van der Waals surface area contributed by atoms with Crippen molar-refractivity contribution in [2.24, 2.45) is 7.05 Å². The van der Waals surface area contributed by atoms with Crippen LogP contribution in [0.2, 0.25) is 0 Å². The van der Waals surface area contributed by atoms with Crippen molar-refractivity contribution in [1.82, 2.24) is 29.1 Å². The molecule has 0 radical (unpaired) electrons. The normalized spacial score (nSPS) is 11.6. The molecule has 3 aromatic heterocycles. The number of thiazole rings is 1. The van der Waals surface area contributed by atoms with Crippen LogP contribution in [-0.4, -0.2) is 29.1 Å². The molecule has 0 aliphatic carbocycles. The van der Waals surface area contributed by atoms with Crippen LogP contribution in [0.3, 0.4) is 0 Å². The molecule has 11 heteroatoms. The Kier molecular flexibility index (Phi) is 3.30. The lowest BCUT2D eigenvalue weighted by Crippen LogP contribution is -2.23. The van der Waals surface area contributed by atoms with Crippen molar-refractivity contribution in [3.05, 3.63) is 31.4 Å². The minimum absolute atomic E-state index is 0.155. The summed E-state index contributed by atoms with van der Waals surface area (Å²) in [6, 6.07) is 0. The molecule has 0 bridgehead atoms. The second-order valence-electron chi connectivity index (χ2n) is 3.59. The van der Waals surface area contributed by atoms with Gasteiger partial charge in [-0.25, -0.2) is 9.78 Å². The summed E-state index contributed by atoms with van der Waals surface area (Å²) in [5.41, 5.74) is 0.279. The zero-order chi connectivity index (χ0) is 15.0. The third kappa shape index (κ3) is 2.39. The maximum atomic E-state index is 11.9. The zero-order valence-electron chi connectivity index (χ0n) is 11.0. The molecule has 0 aliphatic rings. The molecule has 0 fully saturated rings. The Morgan fingerprint density at radius 1 is 1.55 bits per heavy atom. The topological polar surface area (TPSA) is 87.7 Å². The smallest absolute Gasteiger partial charge is 0.369 e. The van der Waals surface area contributed by atoms with E-state index in [-0.39, 0.29) is 12.8 Å². The number of nitrogens with zero attached hydrogens (tertiary/aromatic N) is 6. The van der Waals surface area contributed by atoms with Crippen LogP contribution < -0.4 is 10.4 Å². The molecule has 0 atom stereocenters. The van der Waals surface area contributed by atoms with Crippen molar-refractivity contribution in [3.63, 3.8) is 0 Å². The van der Waals surface area contributed by atoms with E-state index >= 15 is 0 Å². The summed E-state index contributed by atoms with van der Waals surface area (Å²) in [7, 11) is 1.51. The molecule has 0 aromatic carbocycles. The van der Waals surface area contributed by atoms with E-state index in [0.29, 0.717) is 16.6 Å². The van der Waals surface area contributed by atoms with Crippen molar-refractivity contribution in [2.45, 2.75) is 6.61 Å². The van der Waals surface area contributed by atoms with Crippen LogP contribution in [0.25, 0.3) is 5.82 Å². The number of ether oxygens (including phenoxy) is 1. The number of aromatic nitrogens is 6. The highest BCUT2D eigenvalue weighted by molar-refractivity contribution is 9.11. The molecule has 104 valence electrons. The lowest BCUT2D eigenvalue weighted by molar-refractivity contribution is 0.303. The molecule has 0 N–H and O–H groups in total. The molecule has 3 rings (SSSR count). The Labute approximate surface area is 130 Å². The van der Waals surface area contributed by atoms with Crippen molar-refractivity contribution < 1.29 is 6.11 Å². The second kappa shape index (κ2) is 5.42. The van der Waals surface area contributed by atoms with Gasteiger partial charge in [-0.2, -0.15) is 9.06 Å². The highest BCUT2D eigenvalue weighted by Gasteiger charge is 2.18. The third-order valence-corrected chi connectivity index (χ3v) is 4.57. The van der Waals surface area contributed by atoms with Gasteiger partial charge in [0.05, 0.1) is 10.7 Å². The summed E-state index contributed by atoms with van der Waals surface area (Å²) in [5, 5.41) is 9.37. The van der Waals surface area contributed by atoms with Crippen LogP contribution in [0, 0.1) is 0 Å². The van der Waals surface area contributed by atoms with E-state index in [1.54, 1.807) is 5.38 Å². The monoisotopic (exact) mass is 376 g/mol. The summed E-state index contributed by atoms with van der Waals surface area (Å²) in [6.07, 6.45) is 0.155. The van der Waals surface area contributed by atoms with E-state index in [4.69, 9.17) is 6.11 Å².